The Morgan fingerprint density at radius 1 is 0.388 bits per heavy atom. The Kier molecular flexibility index (Phi) is 4.69. The van der Waals surface area contributed by atoms with Crippen LogP contribution in [0.2, 0.25) is 0 Å². The van der Waals surface area contributed by atoms with E-state index in [1.807, 2.05) is 103 Å². The van der Waals surface area contributed by atoms with Gasteiger partial charge in [-0.05, 0) is 95.7 Å². The van der Waals surface area contributed by atoms with Gasteiger partial charge in [0, 0.05) is 16.2 Å². The maximum absolute atomic E-state index is 9.44. The van der Waals surface area contributed by atoms with Crippen molar-refractivity contribution >= 4 is 54.3 Å². The molecule has 9 aromatic carbocycles. The number of benzene rings is 9. The molecule has 10 aromatic rings. The highest BCUT2D eigenvalue weighted by Gasteiger charge is 2.21. The number of hydrogen-bond donors (Lipinski definition) is 0. The molecular weight excluding hydrogens is 593 g/mol. The van der Waals surface area contributed by atoms with E-state index in [0.29, 0.717) is 33.2 Å². The van der Waals surface area contributed by atoms with Crippen molar-refractivity contribution in [1.82, 2.24) is 0 Å². The zero-order valence-electron chi connectivity index (χ0n) is 34.1. The highest BCUT2D eigenvalue weighted by Crippen LogP contribution is 2.47. The van der Waals surface area contributed by atoms with Gasteiger partial charge in [-0.3, -0.25) is 0 Å². The number of furan rings is 1. The maximum atomic E-state index is 9.44. The molecule has 0 bridgehead atoms. The third-order valence-corrected chi connectivity index (χ3v) is 9.51. The third kappa shape index (κ3) is 4.40. The standard InChI is InChI=1S/C48H30O/c1-3-12-31(13-4-1)33-22-24-34(25-23-33)45-38-16-7-9-18-40(38)46(41-19-10-8-17-39(41)45)42-20-11-21-44-47(42)43-29-27-36-30-35(32-14-5-2-6-15-32)26-28-37(36)48(43)49-44/h1-30H/i7D,8D,9D,10D,16D,17D,18D,19D. The second-order valence-electron chi connectivity index (χ2n) is 12.2. The van der Waals surface area contributed by atoms with E-state index in [-0.39, 0.29) is 51.3 Å². The minimum absolute atomic E-state index is 0.163. The van der Waals surface area contributed by atoms with E-state index < -0.39 is 24.2 Å². The molecule has 0 N–H and O–H groups in total. The van der Waals surface area contributed by atoms with Gasteiger partial charge >= 0.3 is 0 Å². The first-order valence-electron chi connectivity index (χ1n) is 20.2. The molecule has 0 unspecified atom stereocenters. The van der Waals surface area contributed by atoms with Crippen LogP contribution in [0.15, 0.2) is 186 Å². The lowest BCUT2D eigenvalue weighted by atomic mass is 9.84. The molecule has 0 saturated heterocycles. The van der Waals surface area contributed by atoms with Gasteiger partial charge in [0.1, 0.15) is 11.2 Å². The topological polar surface area (TPSA) is 13.1 Å². The van der Waals surface area contributed by atoms with Gasteiger partial charge in [-0.1, -0.05) is 158 Å². The van der Waals surface area contributed by atoms with Gasteiger partial charge < -0.3 is 4.42 Å². The molecule has 0 radical (unpaired) electrons. The molecule has 10 rings (SSSR count). The van der Waals surface area contributed by atoms with Gasteiger partial charge in [-0.25, -0.2) is 0 Å². The van der Waals surface area contributed by atoms with Gasteiger partial charge in [-0.2, -0.15) is 0 Å². The van der Waals surface area contributed by atoms with Crippen LogP contribution in [0.3, 0.4) is 0 Å². The van der Waals surface area contributed by atoms with Crippen molar-refractivity contribution in [3.8, 4) is 44.5 Å². The molecule has 1 heterocycles. The fourth-order valence-corrected chi connectivity index (χ4v) is 7.27. The molecular formula is C48H30O. The summed E-state index contributed by atoms with van der Waals surface area (Å²) in [5, 5.41) is 3.97. The highest BCUT2D eigenvalue weighted by atomic mass is 16.3. The summed E-state index contributed by atoms with van der Waals surface area (Å²) in [6.07, 6.45) is 0. The van der Waals surface area contributed by atoms with Crippen molar-refractivity contribution in [1.29, 1.82) is 0 Å². The number of hydrogen-bond acceptors (Lipinski definition) is 1. The number of rotatable bonds is 4. The Hall–Kier alpha value is -6.44. The molecule has 0 aliphatic rings. The second kappa shape index (κ2) is 11.1. The van der Waals surface area contributed by atoms with Crippen LogP contribution in [0.5, 0.6) is 0 Å². The first-order valence-corrected chi connectivity index (χ1v) is 16.2. The summed E-state index contributed by atoms with van der Waals surface area (Å²) >= 11 is 0. The fraction of sp³-hybridized carbons (Fsp3) is 0. The normalized spacial score (nSPS) is 14.0. The van der Waals surface area contributed by atoms with Gasteiger partial charge in [0.25, 0.3) is 0 Å². The molecule has 228 valence electrons. The average Bonchev–Trinajstić information content (AvgIpc) is 3.65. The van der Waals surface area contributed by atoms with Crippen molar-refractivity contribution in [3.05, 3.63) is 182 Å². The van der Waals surface area contributed by atoms with Gasteiger partial charge in [0.2, 0.25) is 0 Å². The molecule has 0 fully saturated rings. The van der Waals surface area contributed by atoms with Crippen molar-refractivity contribution < 1.29 is 15.4 Å². The van der Waals surface area contributed by atoms with Crippen LogP contribution >= 0.6 is 0 Å². The Labute approximate surface area is 295 Å². The molecule has 1 heteroatoms. The third-order valence-electron chi connectivity index (χ3n) is 9.51. The lowest BCUT2D eigenvalue weighted by Gasteiger charge is -2.18. The van der Waals surface area contributed by atoms with Crippen LogP contribution in [0.25, 0.3) is 98.8 Å². The Morgan fingerprint density at radius 2 is 0.918 bits per heavy atom. The highest BCUT2D eigenvalue weighted by molar-refractivity contribution is 6.27. The van der Waals surface area contributed by atoms with E-state index in [0.717, 1.165) is 38.4 Å². The van der Waals surface area contributed by atoms with Gasteiger partial charge in [0.05, 0.1) is 11.0 Å². The Bertz CT molecular complexity index is 3220. The number of fused-ring (bicyclic) bond motifs is 7. The predicted molar refractivity (Wildman–Crippen MR) is 208 cm³/mol. The molecule has 0 amide bonds. The van der Waals surface area contributed by atoms with Crippen molar-refractivity contribution in [2.24, 2.45) is 0 Å². The zero-order valence-corrected chi connectivity index (χ0v) is 26.1. The minimum atomic E-state index is -0.441. The molecule has 49 heavy (non-hydrogen) atoms. The average molecular weight is 631 g/mol. The fourth-order valence-electron chi connectivity index (χ4n) is 7.27. The van der Waals surface area contributed by atoms with Crippen molar-refractivity contribution in [3.63, 3.8) is 0 Å². The van der Waals surface area contributed by atoms with Crippen LogP contribution in [-0.2, 0) is 0 Å². The summed E-state index contributed by atoms with van der Waals surface area (Å²) in [4.78, 5) is 0. The van der Waals surface area contributed by atoms with E-state index in [4.69, 9.17) is 9.90 Å². The molecule has 0 aliphatic heterocycles. The first-order chi connectivity index (χ1) is 27.6. The monoisotopic (exact) mass is 630 g/mol. The van der Waals surface area contributed by atoms with Crippen LogP contribution in [0, 0.1) is 0 Å². The molecule has 0 aliphatic carbocycles. The van der Waals surface area contributed by atoms with Crippen LogP contribution in [-0.4, -0.2) is 0 Å². The molecule has 1 aromatic heterocycles. The zero-order chi connectivity index (χ0) is 39.3. The van der Waals surface area contributed by atoms with Crippen LogP contribution < -0.4 is 0 Å². The summed E-state index contributed by atoms with van der Waals surface area (Å²) in [7, 11) is 0. The SMILES string of the molecule is [2H]c1c([2H])c([2H])c2c(-c3cccc4oc5c6ccc(-c7ccccc7)cc6ccc5c34)c3c([2H])c([2H])c([2H])c([2H])c3c(-c3ccc(-c4ccccc4)cc3)c2c1[2H]. The predicted octanol–water partition coefficient (Wildman–Crippen LogP) is 13.7. The summed E-state index contributed by atoms with van der Waals surface area (Å²) in [6.45, 7) is 0. The smallest absolute Gasteiger partial charge is 0.143 e. The summed E-state index contributed by atoms with van der Waals surface area (Å²) < 4.78 is 79.7. The molecule has 0 spiro atoms. The summed E-state index contributed by atoms with van der Waals surface area (Å²) in [5.41, 5.74) is 6.93. The van der Waals surface area contributed by atoms with Crippen molar-refractivity contribution in [2.75, 3.05) is 0 Å². The largest absolute Gasteiger partial charge is 0.455 e. The van der Waals surface area contributed by atoms with E-state index in [2.05, 4.69) is 24.3 Å². The maximum Gasteiger partial charge on any atom is 0.143 e. The summed E-state index contributed by atoms with van der Waals surface area (Å²) in [6, 6.07) is 40.2. The van der Waals surface area contributed by atoms with E-state index >= 15 is 0 Å². The molecule has 0 atom stereocenters. The van der Waals surface area contributed by atoms with Gasteiger partial charge in [0.15, 0.2) is 0 Å². The lowest BCUT2D eigenvalue weighted by Crippen LogP contribution is -1.91. The van der Waals surface area contributed by atoms with Crippen molar-refractivity contribution in [2.45, 2.75) is 0 Å². The molecule has 0 saturated carbocycles. The lowest BCUT2D eigenvalue weighted by molar-refractivity contribution is 0.673. The minimum Gasteiger partial charge on any atom is -0.455 e. The van der Waals surface area contributed by atoms with E-state index in [1.54, 1.807) is 6.07 Å². The Morgan fingerprint density at radius 3 is 1.57 bits per heavy atom. The quantitative estimate of drug-likeness (QED) is 0.176. The van der Waals surface area contributed by atoms with Gasteiger partial charge in [-0.15, -0.1) is 0 Å². The Balaban J connectivity index is 1.35. The second-order valence-corrected chi connectivity index (χ2v) is 12.2. The van der Waals surface area contributed by atoms with E-state index in [1.165, 1.54) is 0 Å². The first kappa shape index (κ1) is 20.7. The summed E-state index contributed by atoms with van der Waals surface area (Å²) in [5.74, 6) is 0. The van der Waals surface area contributed by atoms with E-state index in [9.17, 15) is 5.48 Å². The van der Waals surface area contributed by atoms with Crippen LogP contribution in [0.4, 0.5) is 0 Å². The molecule has 1 nitrogen and oxygen atoms in total. The van der Waals surface area contributed by atoms with Crippen LogP contribution in [0.1, 0.15) is 11.0 Å².